The Hall–Kier alpha value is -2.28. The minimum atomic E-state index is -0.480. The molecule has 0 spiro atoms. The molecular formula is C16H22N6O. The minimum absolute atomic E-state index is 0.0113. The molecule has 1 aromatic heterocycles. The highest BCUT2D eigenvalue weighted by Gasteiger charge is 2.30. The number of piperidine rings is 1. The summed E-state index contributed by atoms with van der Waals surface area (Å²) in [5.74, 6) is 0.538. The topological polar surface area (TPSA) is 89.9 Å². The molecule has 2 N–H and O–H groups in total. The van der Waals surface area contributed by atoms with Crippen LogP contribution < -0.4 is 5.73 Å². The number of nitrogens with two attached hydrogens (primary N) is 1. The number of carbonyl (C=O) groups excluding carboxylic acids is 1. The molecule has 0 aliphatic carbocycles. The summed E-state index contributed by atoms with van der Waals surface area (Å²) in [5, 5.41) is 12.5. The summed E-state index contributed by atoms with van der Waals surface area (Å²) >= 11 is 0. The first-order valence-corrected chi connectivity index (χ1v) is 8.06. The van der Waals surface area contributed by atoms with E-state index in [1.807, 2.05) is 35.2 Å². The summed E-state index contributed by atoms with van der Waals surface area (Å²) in [4.78, 5) is 16.0. The first kappa shape index (κ1) is 15.6. The van der Waals surface area contributed by atoms with Gasteiger partial charge in [-0.25, -0.2) is 0 Å². The van der Waals surface area contributed by atoms with Crippen molar-refractivity contribution in [2.75, 3.05) is 13.1 Å². The number of rotatable bonds is 4. The zero-order valence-electron chi connectivity index (χ0n) is 13.3. The number of likely N-dealkylation sites (tertiary alicyclic amines) is 1. The van der Waals surface area contributed by atoms with Crippen molar-refractivity contribution >= 4 is 5.91 Å². The van der Waals surface area contributed by atoms with Crippen molar-refractivity contribution in [3.8, 4) is 11.4 Å². The SMILES string of the molecule is CC(C(=O)N1CCCCC1CN)n1nnc(-c2ccccc2)n1. The lowest BCUT2D eigenvalue weighted by molar-refractivity contribution is -0.138. The van der Waals surface area contributed by atoms with Crippen molar-refractivity contribution in [2.45, 2.75) is 38.3 Å². The van der Waals surface area contributed by atoms with Gasteiger partial charge in [0.15, 0.2) is 0 Å². The second kappa shape index (κ2) is 6.87. The summed E-state index contributed by atoms with van der Waals surface area (Å²) in [6, 6.07) is 9.26. The summed E-state index contributed by atoms with van der Waals surface area (Å²) < 4.78 is 0. The number of carbonyl (C=O) groups is 1. The predicted octanol–water partition coefficient (Wildman–Crippen LogP) is 1.24. The van der Waals surface area contributed by atoms with Crippen LogP contribution in [-0.4, -0.2) is 50.1 Å². The second-order valence-corrected chi connectivity index (χ2v) is 5.89. The minimum Gasteiger partial charge on any atom is -0.337 e. The van der Waals surface area contributed by atoms with E-state index >= 15 is 0 Å². The molecule has 7 heteroatoms. The molecule has 2 aromatic rings. The van der Waals surface area contributed by atoms with Crippen molar-refractivity contribution in [1.82, 2.24) is 25.1 Å². The number of nitrogens with zero attached hydrogens (tertiary/aromatic N) is 5. The van der Waals surface area contributed by atoms with Gasteiger partial charge in [-0.3, -0.25) is 4.79 Å². The van der Waals surface area contributed by atoms with E-state index in [2.05, 4.69) is 15.4 Å². The third-order valence-electron chi connectivity index (χ3n) is 4.35. The molecule has 122 valence electrons. The third kappa shape index (κ3) is 3.24. The van der Waals surface area contributed by atoms with Gasteiger partial charge in [0.1, 0.15) is 6.04 Å². The van der Waals surface area contributed by atoms with E-state index in [-0.39, 0.29) is 11.9 Å². The van der Waals surface area contributed by atoms with Crippen LogP contribution in [0.2, 0.25) is 0 Å². The van der Waals surface area contributed by atoms with Crippen LogP contribution in [-0.2, 0) is 4.79 Å². The molecule has 2 atom stereocenters. The molecule has 0 saturated carbocycles. The van der Waals surface area contributed by atoms with Crippen LogP contribution in [0, 0.1) is 0 Å². The van der Waals surface area contributed by atoms with Gasteiger partial charge in [0.05, 0.1) is 0 Å². The fourth-order valence-electron chi connectivity index (χ4n) is 2.97. The maximum absolute atomic E-state index is 12.8. The lowest BCUT2D eigenvalue weighted by Crippen LogP contribution is -2.49. The predicted molar refractivity (Wildman–Crippen MR) is 86.4 cm³/mol. The number of hydrogen-bond donors (Lipinski definition) is 1. The van der Waals surface area contributed by atoms with Crippen molar-refractivity contribution in [2.24, 2.45) is 5.73 Å². The molecule has 2 heterocycles. The molecule has 7 nitrogen and oxygen atoms in total. The Kier molecular flexibility index (Phi) is 4.66. The number of aromatic nitrogens is 4. The average molecular weight is 314 g/mol. The van der Waals surface area contributed by atoms with Gasteiger partial charge in [0, 0.05) is 24.7 Å². The number of tetrazole rings is 1. The Morgan fingerprint density at radius 3 is 2.87 bits per heavy atom. The molecule has 1 aliphatic rings. The Bertz CT molecular complexity index is 656. The van der Waals surface area contributed by atoms with Crippen molar-refractivity contribution in [3.05, 3.63) is 30.3 Å². The fourth-order valence-corrected chi connectivity index (χ4v) is 2.97. The molecule has 1 saturated heterocycles. The lowest BCUT2D eigenvalue weighted by atomic mass is 10.0. The highest BCUT2D eigenvalue weighted by molar-refractivity contribution is 5.80. The summed E-state index contributed by atoms with van der Waals surface area (Å²) in [5.41, 5.74) is 6.69. The van der Waals surface area contributed by atoms with Gasteiger partial charge in [-0.15, -0.1) is 10.2 Å². The Balaban J connectivity index is 1.76. The largest absolute Gasteiger partial charge is 0.337 e. The third-order valence-corrected chi connectivity index (χ3v) is 4.35. The zero-order chi connectivity index (χ0) is 16.2. The van der Waals surface area contributed by atoms with Gasteiger partial charge < -0.3 is 10.6 Å². The van der Waals surface area contributed by atoms with Crippen molar-refractivity contribution in [1.29, 1.82) is 0 Å². The van der Waals surface area contributed by atoms with Gasteiger partial charge in [-0.05, 0) is 31.4 Å². The maximum atomic E-state index is 12.8. The van der Waals surface area contributed by atoms with Gasteiger partial charge in [-0.2, -0.15) is 4.80 Å². The van der Waals surface area contributed by atoms with E-state index in [9.17, 15) is 4.79 Å². The summed E-state index contributed by atoms with van der Waals surface area (Å²) in [6.45, 7) is 3.06. The Morgan fingerprint density at radius 2 is 2.13 bits per heavy atom. The average Bonchev–Trinajstić information content (AvgIpc) is 3.11. The monoisotopic (exact) mass is 314 g/mol. The summed E-state index contributed by atoms with van der Waals surface area (Å²) in [7, 11) is 0. The van der Waals surface area contributed by atoms with E-state index in [4.69, 9.17) is 5.73 Å². The highest BCUT2D eigenvalue weighted by Crippen LogP contribution is 2.20. The van der Waals surface area contributed by atoms with Crippen molar-refractivity contribution in [3.63, 3.8) is 0 Å². The lowest BCUT2D eigenvalue weighted by Gasteiger charge is -2.36. The van der Waals surface area contributed by atoms with Crippen LogP contribution in [0.25, 0.3) is 11.4 Å². The van der Waals surface area contributed by atoms with Gasteiger partial charge in [0.2, 0.25) is 11.7 Å². The fraction of sp³-hybridized carbons (Fsp3) is 0.500. The van der Waals surface area contributed by atoms with E-state index in [0.717, 1.165) is 31.4 Å². The van der Waals surface area contributed by atoms with Gasteiger partial charge in [-0.1, -0.05) is 30.3 Å². The molecule has 1 fully saturated rings. The quantitative estimate of drug-likeness (QED) is 0.917. The van der Waals surface area contributed by atoms with Crippen LogP contribution in [0.1, 0.15) is 32.2 Å². The van der Waals surface area contributed by atoms with Crippen molar-refractivity contribution < 1.29 is 4.79 Å². The molecule has 3 rings (SSSR count). The van der Waals surface area contributed by atoms with E-state index in [1.54, 1.807) is 6.92 Å². The Morgan fingerprint density at radius 1 is 1.35 bits per heavy atom. The van der Waals surface area contributed by atoms with Crippen LogP contribution in [0.5, 0.6) is 0 Å². The molecule has 1 aliphatic heterocycles. The van der Waals surface area contributed by atoms with Crippen LogP contribution in [0.4, 0.5) is 0 Å². The molecule has 23 heavy (non-hydrogen) atoms. The number of amides is 1. The van der Waals surface area contributed by atoms with Crippen LogP contribution in [0.15, 0.2) is 30.3 Å². The molecule has 2 unspecified atom stereocenters. The molecule has 1 aromatic carbocycles. The Labute approximate surface area is 135 Å². The van der Waals surface area contributed by atoms with E-state index in [1.165, 1.54) is 4.80 Å². The maximum Gasteiger partial charge on any atom is 0.249 e. The molecule has 1 amide bonds. The highest BCUT2D eigenvalue weighted by atomic mass is 16.2. The first-order chi connectivity index (χ1) is 11.2. The van der Waals surface area contributed by atoms with E-state index in [0.29, 0.717) is 12.4 Å². The molecule has 0 bridgehead atoms. The number of benzene rings is 1. The van der Waals surface area contributed by atoms with Crippen LogP contribution >= 0.6 is 0 Å². The van der Waals surface area contributed by atoms with Gasteiger partial charge >= 0.3 is 0 Å². The number of hydrogen-bond acceptors (Lipinski definition) is 5. The normalized spacial score (nSPS) is 19.6. The van der Waals surface area contributed by atoms with Crippen LogP contribution in [0.3, 0.4) is 0 Å². The van der Waals surface area contributed by atoms with E-state index < -0.39 is 6.04 Å². The standard InChI is InChI=1S/C16H22N6O/c1-12(16(23)21-10-6-5-9-14(21)11-17)22-19-15(18-20-22)13-7-3-2-4-8-13/h2-4,7-8,12,14H,5-6,9-11,17H2,1H3. The van der Waals surface area contributed by atoms with Gasteiger partial charge in [0.25, 0.3) is 0 Å². The zero-order valence-corrected chi connectivity index (χ0v) is 13.3. The summed E-state index contributed by atoms with van der Waals surface area (Å²) in [6.07, 6.45) is 3.11. The first-order valence-electron chi connectivity index (χ1n) is 8.06. The smallest absolute Gasteiger partial charge is 0.249 e. The molecule has 0 radical (unpaired) electrons. The second-order valence-electron chi connectivity index (χ2n) is 5.89. The molecular weight excluding hydrogens is 292 g/mol.